The Morgan fingerprint density at radius 1 is 0.930 bits per heavy atom. The Kier molecular flexibility index (Phi) is 8.99. The van der Waals surface area contributed by atoms with Crippen molar-refractivity contribution in [3.8, 4) is 0 Å². The van der Waals surface area contributed by atoms with Gasteiger partial charge in [0.2, 0.25) is 5.95 Å². The predicted molar refractivity (Wildman–Crippen MR) is 162 cm³/mol. The van der Waals surface area contributed by atoms with Gasteiger partial charge in [-0.05, 0) is 41.5 Å². The Balaban J connectivity index is 1.20. The maximum atomic E-state index is 12.8. The molecule has 222 valence electrons. The van der Waals surface area contributed by atoms with E-state index in [0.29, 0.717) is 11.3 Å². The molecule has 2 aliphatic heterocycles. The van der Waals surface area contributed by atoms with Gasteiger partial charge in [0.05, 0.1) is 24.4 Å². The van der Waals surface area contributed by atoms with Crippen LogP contribution in [0, 0.1) is 5.92 Å². The molecule has 0 spiro atoms. The number of hydrogen-bond donors (Lipinski definition) is 2. The lowest BCUT2D eigenvalue weighted by Crippen LogP contribution is -2.51. The molecule has 10 heteroatoms. The molecule has 2 aromatic heterocycles. The van der Waals surface area contributed by atoms with Crippen molar-refractivity contribution in [2.75, 3.05) is 42.9 Å². The molecular formula is C33H36N6O4. The average molecular weight is 581 g/mol. The molecular weight excluding hydrogens is 544 g/mol. The number of aliphatic hydroxyl groups is 1. The molecule has 43 heavy (non-hydrogen) atoms. The van der Waals surface area contributed by atoms with Gasteiger partial charge in [-0.2, -0.15) is 0 Å². The molecule has 4 heterocycles. The first kappa shape index (κ1) is 28.9. The summed E-state index contributed by atoms with van der Waals surface area (Å²) >= 11 is 0. The molecule has 0 radical (unpaired) electrons. The number of carbonyl (C=O) groups is 1. The molecule has 2 saturated heterocycles. The van der Waals surface area contributed by atoms with Gasteiger partial charge in [0.1, 0.15) is 0 Å². The molecule has 2 aromatic carbocycles. The third-order valence-electron chi connectivity index (χ3n) is 8.11. The van der Waals surface area contributed by atoms with E-state index in [1.165, 1.54) is 6.20 Å². The van der Waals surface area contributed by atoms with Crippen molar-refractivity contribution in [3.05, 3.63) is 114 Å². The summed E-state index contributed by atoms with van der Waals surface area (Å²) in [5, 5.41) is 12.5. The lowest BCUT2D eigenvalue weighted by molar-refractivity contribution is -0.276. The Morgan fingerprint density at radius 3 is 2.44 bits per heavy atom. The first-order chi connectivity index (χ1) is 21.1. The van der Waals surface area contributed by atoms with Crippen molar-refractivity contribution in [2.24, 2.45) is 5.92 Å². The fourth-order valence-corrected chi connectivity index (χ4v) is 5.63. The first-order valence-corrected chi connectivity index (χ1v) is 14.6. The minimum Gasteiger partial charge on any atom is -0.392 e. The molecule has 2 N–H and O–H groups in total. The second kappa shape index (κ2) is 13.4. The highest BCUT2D eigenvalue weighted by Gasteiger charge is 2.39. The van der Waals surface area contributed by atoms with Gasteiger partial charge in [-0.15, -0.1) is 0 Å². The van der Waals surface area contributed by atoms with Crippen molar-refractivity contribution in [1.82, 2.24) is 19.9 Å². The molecule has 0 saturated carbocycles. The van der Waals surface area contributed by atoms with Crippen molar-refractivity contribution < 1.29 is 19.4 Å². The highest BCUT2D eigenvalue weighted by Crippen LogP contribution is 2.42. The number of piperazine rings is 1. The van der Waals surface area contributed by atoms with Gasteiger partial charge in [0.25, 0.3) is 5.91 Å². The third-order valence-corrected chi connectivity index (χ3v) is 8.11. The molecule has 6 rings (SSSR count). The molecule has 0 aliphatic carbocycles. The number of aliphatic hydroxyl groups excluding tert-OH is 1. The highest BCUT2D eigenvalue weighted by atomic mass is 16.7. The average Bonchev–Trinajstić information content (AvgIpc) is 3.07. The number of aromatic nitrogens is 3. The predicted octanol–water partition coefficient (Wildman–Crippen LogP) is 4.23. The second-order valence-corrected chi connectivity index (χ2v) is 11.0. The van der Waals surface area contributed by atoms with Crippen LogP contribution < -0.4 is 10.2 Å². The van der Waals surface area contributed by atoms with E-state index in [1.807, 2.05) is 54.6 Å². The van der Waals surface area contributed by atoms with Crippen LogP contribution in [-0.4, -0.2) is 69.7 Å². The van der Waals surface area contributed by atoms with E-state index in [2.05, 4.69) is 37.0 Å². The van der Waals surface area contributed by atoms with E-state index in [1.54, 1.807) is 30.7 Å². The smallest absolute Gasteiger partial charge is 0.257 e. The molecule has 4 atom stereocenters. The second-order valence-electron chi connectivity index (χ2n) is 11.0. The minimum absolute atomic E-state index is 0.00667. The fourth-order valence-electron chi connectivity index (χ4n) is 5.63. The van der Waals surface area contributed by atoms with Gasteiger partial charge in [0, 0.05) is 74.7 Å². The Bertz CT molecular complexity index is 1480. The maximum Gasteiger partial charge on any atom is 0.257 e. The largest absolute Gasteiger partial charge is 0.392 e. The molecule has 4 aromatic rings. The number of amides is 1. The molecule has 0 unspecified atom stereocenters. The van der Waals surface area contributed by atoms with Crippen molar-refractivity contribution in [1.29, 1.82) is 0 Å². The summed E-state index contributed by atoms with van der Waals surface area (Å²) in [6.07, 6.45) is 5.78. The zero-order valence-electron chi connectivity index (χ0n) is 24.1. The number of nitrogens with one attached hydrogen (secondary N) is 1. The molecule has 2 aliphatic rings. The lowest BCUT2D eigenvalue weighted by atomic mass is 9.90. The number of benzene rings is 2. The quantitative estimate of drug-likeness (QED) is 0.316. The van der Waals surface area contributed by atoms with Gasteiger partial charge < -0.3 is 24.8 Å². The van der Waals surface area contributed by atoms with Crippen LogP contribution in [0.1, 0.15) is 46.4 Å². The van der Waals surface area contributed by atoms with Gasteiger partial charge in [-0.1, -0.05) is 43.3 Å². The number of anilines is 2. The van der Waals surface area contributed by atoms with Crippen LogP contribution in [0.3, 0.4) is 0 Å². The molecule has 10 nitrogen and oxygen atoms in total. The van der Waals surface area contributed by atoms with E-state index < -0.39 is 6.29 Å². The van der Waals surface area contributed by atoms with Gasteiger partial charge >= 0.3 is 0 Å². The monoisotopic (exact) mass is 580 g/mol. The number of hydrogen-bond acceptors (Lipinski definition) is 9. The van der Waals surface area contributed by atoms with E-state index in [0.717, 1.165) is 55.4 Å². The Morgan fingerprint density at radius 2 is 1.72 bits per heavy atom. The van der Waals surface area contributed by atoms with Crippen LogP contribution in [-0.2, 0) is 16.1 Å². The number of nitrogens with zero attached hydrogens (tertiary/aromatic N) is 5. The standard InChI is InChI=1S/C33H36N6O4/c1-23-29(21-38-15-17-39(18-16-38)33-35-13-4-14-36-33)42-32(43-30(23)25-10-8-24(22-40)9-11-25)26-5-2-7-28(19-26)37-31(41)27-6-3-12-34-20-27/h2-14,19-20,23,29-30,32,40H,15-18,21-22H2,1H3,(H,37,41)/t23-,29+,30+,32+/m0/s1. The summed E-state index contributed by atoms with van der Waals surface area (Å²) < 4.78 is 13.3. The van der Waals surface area contributed by atoms with Crippen LogP contribution in [0.4, 0.5) is 11.6 Å². The summed E-state index contributed by atoms with van der Waals surface area (Å²) in [5.41, 5.74) is 3.85. The number of pyridine rings is 1. The van der Waals surface area contributed by atoms with Crippen LogP contribution in [0.5, 0.6) is 0 Å². The SMILES string of the molecule is C[C@H]1[C@@H](CN2CCN(c3ncccn3)CC2)O[C@@H](c2cccc(NC(=O)c3cccnc3)c2)O[C@H]1c1ccc(CO)cc1. The fraction of sp³-hybridized carbons (Fsp3) is 0.333. The van der Waals surface area contributed by atoms with Crippen molar-refractivity contribution in [3.63, 3.8) is 0 Å². The van der Waals surface area contributed by atoms with Crippen molar-refractivity contribution >= 4 is 17.5 Å². The zero-order valence-corrected chi connectivity index (χ0v) is 24.1. The van der Waals surface area contributed by atoms with E-state index in [4.69, 9.17) is 9.47 Å². The summed E-state index contributed by atoms with van der Waals surface area (Å²) in [6.45, 7) is 6.36. The Labute approximate surface area is 251 Å². The van der Waals surface area contributed by atoms with Crippen LogP contribution >= 0.6 is 0 Å². The normalized spacial score (nSPS) is 22.7. The number of rotatable bonds is 8. The Hall–Kier alpha value is -4.22. The molecule has 2 fully saturated rings. The summed E-state index contributed by atoms with van der Waals surface area (Å²) in [6, 6.07) is 20.8. The minimum atomic E-state index is -0.627. The number of carbonyl (C=O) groups excluding carboxylic acids is 1. The maximum absolute atomic E-state index is 12.8. The topological polar surface area (TPSA) is 113 Å². The number of ether oxygens (including phenoxy) is 2. The molecule has 0 bridgehead atoms. The van der Waals surface area contributed by atoms with Crippen molar-refractivity contribution in [2.45, 2.75) is 32.0 Å². The third kappa shape index (κ3) is 6.89. The van der Waals surface area contributed by atoms with Crippen LogP contribution in [0.25, 0.3) is 0 Å². The van der Waals surface area contributed by atoms with Crippen LogP contribution in [0.2, 0.25) is 0 Å². The molecule has 1 amide bonds. The van der Waals surface area contributed by atoms with Crippen LogP contribution in [0.15, 0.2) is 91.5 Å². The van der Waals surface area contributed by atoms with Gasteiger partial charge in [-0.3, -0.25) is 14.7 Å². The zero-order chi connectivity index (χ0) is 29.6. The lowest BCUT2D eigenvalue weighted by Gasteiger charge is -2.44. The summed E-state index contributed by atoms with van der Waals surface area (Å²) in [4.78, 5) is 30.3. The summed E-state index contributed by atoms with van der Waals surface area (Å²) in [5.74, 6) is 0.601. The van der Waals surface area contributed by atoms with E-state index in [9.17, 15) is 9.90 Å². The highest BCUT2D eigenvalue weighted by molar-refractivity contribution is 6.04. The summed E-state index contributed by atoms with van der Waals surface area (Å²) in [7, 11) is 0. The first-order valence-electron chi connectivity index (χ1n) is 14.6. The van der Waals surface area contributed by atoms with Gasteiger partial charge in [0.15, 0.2) is 6.29 Å². The van der Waals surface area contributed by atoms with E-state index >= 15 is 0 Å². The van der Waals surface area contributed by atoms with E-state index in [-0.39, 0.29) is 30.6 Å². The van der Waals surface area contributed by atoms with Gasteiger partial charge in [-0.25, -0.2) is 9.97 Å².